The zero-order valence-corrected chi connectivity index (χ0v) is 8.03. The van der Waals surface area contributed by atoms with Crippen LogP contribution in [0.1, 0.15) is 5.56 Å². The summed E-state index contributed by atoms with van der Waals surface area (Å²) in [7, 11) is 1.43. The number of hydrazine groups is 1. The van der Waals surface area contributed by atoms with E-state index in [1.54, 1.807) is 12.1 Å². The Balaban J connectivity index is 0.00000144. The highest BCUT2D eigenvalue weighted by molar-refractivity contribution is 5.85. The summed E-state index contributed by atoms with van der Waals surface area (Å²) in [6.45, 7) is 0.497. The van der Waals surface area contributed by atoms with E-state index in [1.807, 2.05) is 0 Å². The third-order valence-electron chi connectivity index (χ3n) is 1.52. The van der Waals surface area contributed by atoms with Crippen molar-refractivity contribution < 1.29 is 9.13 Å². The van der Waals surface area contributed by atoms with E-state index in [-0.39, 0.29) is 24.0 Å². The smallest absolute Gasteiger partial charge is 0.165 e. The van der Waals surface area contributed by atoms with E-state index in [2.05, 4.69) is 5.43 Å². The number of halogens is 2. The topological polar surface area (TPSA) is 47.3 Å². The van der Waals surface area contributed by atoms with Gasteiger partial charge in [-0.15, -0.1) is 12.4 Å². The van der Waals surface area contributed by atoms with Gasteiger partial charge in [-0.05, 0) is 17.7 Å². The van der Waals surface area contributed by atoms with Gasteiger partial charge in [0.1, 0.15) is 0 Å². The standard InChI is InChI=1S/C8H11FN2O.ClH/c1-12-8-4-6(5-11-10)2-3-7(8)9;/h2-4,11H,5,10H2,1H3;1H. The number of hydrogen-bond acceptors (Lipinski definition) is 3. The summed E-state index contributed by atoms with van der Waals surface area (Å²) in [5.41, 5.74) is 3.36. The Labute approximate surface area is 82.5 Å². The molecule has 1 aromatic carbocycles. The van der Waals surface area contributed by atoms with Crippen LogP contribution in [0, 0.1) is 5.82 Å². The summed E-state index contributed by atoms with van der Waals surface area (Å²) < 4.78 is 17.6. The third kappa shape index (κ3) is 3.18. The summed E-state index contributed by atoms with van der Waals surface area (Å²) >= 11 is 0. The number of hydrogen-bond donors (Lipinski definition) is 2. The van der Waals surface area contributed by atoms with Crippen molar-refractivity contribution in [3.05, 3.63) is 29.6 Å². The number of nitrogens with two attached hydrogens (primary N) is 1. The molecular formula is C8H12ClFN2O. The van der Waals surface area contributed by atoms with Crippen molar-refractivity contribution in [1.82, 2.24) is 5.43 Å². The van der Waals surface area contributed by atoms with Crippen LogP contribution >= 0.6 is 12.4 Å². The molecule has 0 saturated heterocycles. The zero-order valence-electron chi connectivity index (χ0n) is 7.21. The maximum atomic E-state index is 12.8. The first kappa shape index (κ1) is 12.2. The molecule has 0 aliphatic rings. The van der Waals surface area contributed by atoms with E-state index in [9.17, 15) is 4.39 Å². The van der Waals surface area contributed by atoms with Crippen LogP contribution in [0.15, 0.2) is 18.2 Å². The number of benzene rings is 1. The highest BCUT2D eigenvalue weighted by Crippen LogP contribution is 2.17. The first-order valence-corrected chi connectivity index (χ1v) is 3.54. The Morgan fingerprint density at radius 1 is 1.54 bits per heavy atom. The van der Waals surface area contributed by atoms with Crippen LogP contribution in [0.5, 0.6) is 5.75 Å². The summed E-state index contributed by atoms with van der Waals surface area (Å²) in [6, 6.07) is 4.61. The van der Waals surface area contributed by atoms with E-state index in [4.69, 9.17) is 10.6 Å². The maximum absolute atomic E-state index is 12.8. The lowest BCUT2D eigenvalue weighted by Crippen LogP contribution is -2.20. The Bertz CT molecular complexity index is 270. The molecule has 74 valence electrons. The third-order valence-corrected chi connectivity index (χ3v) is 1.52. The van der Waals surface area contributed by atoms with Gasteiger partial charge in [0, 0.05) is 6.54 Å². The summed E-state index contributed by atoms with van der Waals surface area (Å²) in [5, 5.41) is 0. The molecule has 5 heteroatoms. The van der Waals surface area contributed by atoms with Crippen molar-refractivity contribution in [3.8, 4) is 5.75 Å². The molecule has 0 spiro atoms. The Hall–Kier alpha value is -0.840. The molecule has 1 rings (SSSR count). The van der Waals surface area contributed by atoms with Gasteiger partial charge in [0.05, 0.1) is 7.11 Å². The molecule has 0 fully saturated rings. The van der Waals surface area contributed by atoms with Gasteiger partial charge in [-0.3, -0.25) is 11.3 Å². The second kappa shape index (κ2) is 5.75. The highest BCUT2D eigenvalue weighted by Gasteiger charge is 2.01. The predicted molar refractivity (Wildman–Crippen MR) is 51.2 cm³/mol. The molecule has 0 heterocycles. The molecule has 0 bridgehead atoms. The zero-order chi connectivity index (χ0) is 8.97. The minimum absolute atomic E-state index is 0. The fourth-order valence-corrected chi connectivity index (χ4v) is 0.932. The van der Waals surface area contributed by atoms with Crippen LogP contribution in [0.25, 0.3) is 0 Å². The second-order valence-electron chi connectivity index (χ2n) is 2.35. The van der Waals surface area contributed by atoms with Gasteiger partial charge in [-0.25, -0.2) is 4.39 Å². The van der Waals surface area contributed by atoms with Crippen molar-refractivity contribution in [2.24, 2.45) is 5.84 Å². The van der Waals surface area contributed by atoms with E-state index in [0.29, 0.717) is 6.54 Å². The van der Waals surface area contributed by atoms with E-state index >= 15 is 0 Å². The summed E-state index contributed by atoms with van der Waals surface area (Å²) in [6.07, 6.45) is 0. The highest BCUT2D eigenvalue weighted by atomic mass is 35.5. The summed E-state index contributed by atoms with van der Waals surface area (Å²) in [4.78, 5) is 0. The van der Waals surface area contributed by atoms with Gasteiger partial charge in [0.25, 0.3) is 0 Å². The maximum Gasteiger partial charge on any atom is 0.165 e. The minimum Gasteiger partial charge on any atom is -0.494 e. The first-order chi connectivity index (χ1) is 5.77. The number of methoxy groups -OCH3 is 1. The van der Waals surface area contributed by atoms with E-state index in [0.717, 1.165) is 5.56 Å². The lowest BCUT2D eigenvalue weighted by atomic mass is 10.2. The van der Waals surface area contributed by atoms with Crippen LogP contribution < -0.4 is 16.0 Å². The monoisotopic (exact) mass is 206 g/mol. The molecule has 3 nitrogen and oxygen atoms in total. The number of rotatable bonds is 3. The van der Waals surface area contributed by atoms with Gasteiger partial charge in [0.15, 0.2) is 11.6 Å². The predicted octanol–water partition coefficient (Wildman–Crippen LogP) is 1.22. The van der Waals surface area contributed by atoms with Crippen molar-refractivity contribution in [3.63, 3.8) is 0 Å². The Kier molecular flexibility index (Phi) is 5.37. The molecule has 0 amide bonds. The molecule has 3 N–H and O–H groups in total. The first-order valence-electron chi connectivity index (χ1n) is 3.54. The Morgan fingerprint density at radius 2 is 2.23 bits per heavy atom. The SMILES string of the molecule is COc1cc(CNN)ccc1F.Cl. The van der Waals surface area contributed by atoms with Crippen molar-refractivity contribution in [2.75, 3.05) is 7.11 Å². The molecule has 0 atom stereocenters. The van der Waals surface area contributed by atoms with E-state index in [1.165, 1.54) is 13.2 Å². The van der Waals surface area contributed by atoms with Crippen LogP contribution in [-0.2, 0) is 6.54 Å². The lowest BCUT2D eigenvalue weighted by Gasteiger charge is -2.04. The Morgan fingerprint density at radius 3 is 2.77 bits per heavy atom. The lowest BCUT2D eigenvalue weighted by molar-refractivity contribution is 0.385. The van der Waals surface area contributed by atoms with E-state index < -0.39 is 0 Å². The van der Waals surface area contributed by atoms with Crippen molar-refractivity contribution >= 4 is 12.4 Å². The fraction of sp³-hybridized carbons (Fsp3) is 0.250. The normalized spacial score (nSPS) is 9.15. The van der Waals surface area contributed by atoms with Crippen LogP contribution in [0.2, 0.25) is 0 Å². The van der Waals surface area contributed by atoms with Crippen molar-refractivity contribution in [2.45, 2.75) is 6.54 Å². The molecule has 0 aliphatic heterocycles. The van der Waals surface area contributed by atoms with Crippen LogP contribution in [0.3, 0.4) is 0 Å². The van der Waals surface area contributed by atoms with Crippen LogP contribution in [-0.4, -0.2) is 7.11 Å². The molecule has 0 unspecified atom stereocenters. The molecule has 0 aliphatic carbocycles. The molecule has 0 radical (unpaired) electrons. The summed E-state index contributed by atoms with van der Waals surface area (Å²) in [5.74, 6) is 4.98. The molecule has 0 saturated carbocycles. The van der Waals surface area contributed by atoms with Crippen molar-refractivity contribution in [1.29, 1.82) is 0 Å². The minimum atomic E-state index is -0.363. The van der Waals surface area contributed by atoms with Gasteiger partial charge in [-0.1, -0.05) is 6.07 Å². The van der Waals surface area contributed by atoms with Crippen LogP contribution in [0.4, 0.5) is 4.39 Å². The molecular weight excluding hydrogens is 195 g/mol. The second-order valence-corrected chi connectivity index (χ2v) is 2.35. The van der Waals surface area contributed by atoms with Gasteiger partial charge < -0.3 is 4.74 Å². The molecule has 1 aromatic rings. The van der Waals surface area contributed by atoms with Gasteiger partial charge in [0.2, 0.25) is 0 Å². The number of nitrogens with one attached hydrogen (secondary N) is 1. The fourth-order valence-electron chi connectivity index (χ4n) is 0.932. The molecule has 0 aromatic heterocycles. The van der Waals surface area contributed by atoms with Gasteiger partial charge >= 0.3 is 0 Å². The van der Waals surface area contributed by atoms with Gasteiger partial charge in [-0.2, -0.15) is 0 Å². The average molecular weight is 207 g/mol. The number of ether oxygens (including phenoxy) is 1. The average Bonchev–Trinajstić information content (AvgIpc) is 2.09. The molecule has 13 heavy (non-hydrogen) atoms. The largest absolute Gasteiger partial charge is 0.494 e. The quantitative estimate of drug-likeness (QED) is 0.578.